The van der Waals surface area contributed by atoms with Crippen molar-refractivity contribution in [2.45, 2.75) is 0 Å². The highest BCUT2D eigenvalue weighted by atomic mass is 32.2. The standard InChI is InChI=1S/C10H14N4O2S/c1-13-17(15,16)5-4-14-9-3-2-8(7-11)10(12)6-9/h2-3,6,13-14H,4-5,12H2,1H3. The van der Waals surface area contributed by atoms with Gasteiger partial charge in [-0.15, -0.1) is 0 Å². The molecule has 0 aromatic heterocycles. The molecule has 0 radical (unpaired) electrons. The number of benzene rings is 1. The van der Waals surface area contributed by atoms with Crippen LogP contribution in [0, 0.1) is 11.3 Å². The molecule has 0 spiro atoms. The van der Waals surface area contributed by atoms with Crippen molar-refractivity contribution in [1.82, 2.24) is 4.72 Å². The zero-order chi connectivity index (χ0) is 12.9. The SMILES string of the molecule is CNS(=O)(=O)CCNc1ccc(C#N)c(N)c1. The van der Waals surface area contributed by atoms with E-state index >= 15 is 0 Å². The number of nitrogen functional groups attached to an aromatic ring is 1. The van der Waals surface area contributed by atoms with E-state index in [-0.39, 0.29) is 12.3 Å². The van der Waals surface area contributed by atoms with Crippen molar-refractivity contribution < 1.29 is 8.42 Å². The fourth-order valence-electron chi connectivity index (χ4n) is 1.21. The van der Waals surface area contributed by atoms with Gasteiger partial charge >= 0.3 is 0 Å². The van der Waals surface area contributed by atoms with E-state index in [4.69, 9.17) is 11.0 Å². The summed E-state index contributed by atoms with van der Waals surface area (Å²) in [5.74, 6) is -0.0244. The van der Waals surface area contributed by atoms with Crippen molar-refractivity contribution >= 4 is 21.4 Å². The maximum atomic E-state index is 11.1. The summed E-state index contributed by atoms with van der Waals surface area (Å²) in [4.78, 5) is 0. The highest BCUT2D eigenvalue weighted by Gasteiger charge is 2.06. The Bertz CT molecular complexity index is 534. The van der Waals surface area contributed by atoms with Crippen LogP contribution in [-0.4, -0.2) is 27.8 Å². The number of hydrogen-bond acceptors (Lipinski definition) is 5. The van der Waals surface area contributed by atoms with E-state index in [0.717, 1.165) is 0 Å². The van der Waals surface area contributed by atoms with Crippen LogP contribution in [0.4, 0.5) is 11.4 Å². The highest BCUT2D eigenvalue weighted by molar-refractivity contribution is 7.89. The number of nitrogens with zero attached hydrogens (tertiary/aromatic N) is 1. The Morgan fingerprint density at radius 2 is 2.18 bits per heavy atom. The van der Waals surface area contributed by atoms with Gasteiger partial charge in [-0.2, -0.15) is 5.26 Å². The second kappa shape index (κ2) is 5.52. The largest absolute Gasteiger partial charge is 0.398 e. The zero-order valence-electron chi connectivity index (χ0n) is 9.40. The third kappa shape index (κ3) is 3.94. The van der Waals surface area contributed by atoms with Gasteiger partial charge in [-0.25, -0.2) is 13.1 Å². The molecular formula is C10H14N4O2S. The summed E-state index contributed by atoms with van der Waals surface area (Å²) in [5, 5.41) is 11.6. The van der Waals surface area contributed by atoms with Crippen LogP contribution in [0.25, 0.3) is 0 Å². The molecule has 6 nitrogen and oxygen atoms in total. The summed E-state index contributed by atoms with van der Waals surface area (Å²) in [5.41, 5.74) is 7.08. The molecule has 4 N–H and O–H groups in total. The van der Waals surface area contributed by atoms with Crippen molar-refractivity contribution in [3.05, 3.63) is 23.8 Å². The predicted octanol–water partition coefficient (Wildman–Crippen LogP) is 0.102. The average molecular weight is 254 g/mol. The molecule has 1 aromatic rings. The van der Waals surface area contributed by atoms with Crippen LogP contribution in [0.1, 0.15) is 5.56 Å². The first kappa shape index (κ1) is 13.3. The van der Waals surface area contributed by atoms with Crippen molar-refractivity contribution in [2.75, 3.05) is 30.4 Å². The van der Waals surface area contributed by atoms with Gasteiger partial charge in [0, 0.05) is 12.2 Å². The summed E-state index contributed by atoms with van der Waals surface area (Å²) in [7, 11) is -1.84. The minimum atomic E-state index is -3.21. The van der Waals surface area contributed by atoms with Crippen LogP contribution < -0.4 is 15.8 Å². The van der Waals surface area contributed by atoms with Crippen LogP contribution in [0.5, 0.6) is 0 Å². The molecule has 17 heavy (non-hydrogen) atoms. The molecule has 0 aliphatic rings. The molecule has 0 aliphatic heterocycles. The predicted molar refractivity (Wildman–Crippen MR) is 66.9 cm³/mol. The average Bonchev–Trinajstić information content (AvgIpc) is 2.29. The lowest BCUT2D eigenvalue weighted by atomic mass is 10.2. The number of anilines is 2. The summed E-state index contributed by atoms with van der Waals surface area (Å²) in [6, 6.07) is 6.82. The summed E-state index contributed by atoms with van der Waals surface area (Å²) in [6.07, 6.45) is 0. The Morgan fingerprint density at radius 3 is 2.71 bits per heavy atom. The Balaban J connectivity index is 2.60. The fraction of sp³-hybridized carbons (Fsp3) is 0.300. The number of nitrogens with one attached hydrogen (secondary N) is 2. The quantitative estimate of drug-likeness (QED) is 0.646. The summed E-state index contributed by atoms with van der Waals surface area (Å²) in [6.45, 7) is 0.272. The van der Waals surface area contributed by atoms with Gasteiger partial charge in [-0.05, 0) is 25.2 Å². The van der Waals surface area contributed by atoms with Crippen LogP contribution in [-0.2, 0) is 10.0 Å². The van der Waals surface area contributed by atoms with Gasteiger partial charge in [0.05, 0.1) is 17.0 Å². The molecular weight excluding hydrogens is 240 g/mol. The molecule has 0 saturated carbocycles. The molecule has 0 amide bonds. The maximum Gasteiger partial charge on any atom is 0.213 e. The number of sulfonamides is 1. The van der Waals surface area contributed by atoms with Crippen LogP contribution in [0.2, 0.25) is 0 Å². The van der Waals surface area contributed by atoms with Crippen molar-refractivity contribution in [1.29, 1.82) is 5.26 Å². The fourth-order valence-corrected chi connectivity index (χ4v) is 1.78. The highest BCUT2D eigenvalue weighted by Crippen LogP contribution is 2.16. The molecule has 7 heteroatoms. The van der Waals surface area contributed by atoms with Gasteiger partial charge in [0.15, 0.2) is 0 Å². The molecule has 1 aromatic carbocycles. The summed E-state index contributed by atoms with van der Waals surface area (Å²) < 4.78 is 24.5. The van der Waals surface area contributed by atoms with Gasteiger partial charge in [0.2, 0.25) is 10.0 Å². The third-order valence-corrected chi connectivity index (χ3v) is 3.55. The van der Waals surface area contributed by atoms with E-state index in [2.05, 4.69) is 10.0 Å². The molecule has 0 unspecified atom stereocenters. The van der Waals surface area contributed by atoms with E-state index in [0.29, 0.717) is 16.9 Å². The topological polar surface area (TPSA) is 108 Å². The van der Waals surface area contributed by atoms with Gasteiger partial charge in [0.25, 0.3) is 0 Å². The molecule has 92 valence electrons. The molecule has 0 bridgehead atoms. The van der Waals surface area contributed by atoms with Crippen LogP contribution in [0.3, 0.4) is 0 Å². The summed E-state index contributed by atoms with van der Waals surface area (Å²) >= 11 is 0. The van der Waals surface area contributed by atoms with E-state index in [9.17, 15) is 8.42 Å². The number of nitriles is 1. The molecule has 1 rings (SSSR count). The van der Waals surface area contributed by atoms with Crippen molar-refractivity contribution in [3.8, 4) is 6.07 Å². The Labute approximate surface area is 100 Å². The minimum Gasteiger partial charge on any atom is -0.398 e. The van der Waals surface area contributed by atoms with Crippen molar-refractivity contribution in [2.24, 2.45) is 0 Å². The molecule has 0 fully saturated rings. The van der Waals surface area contributed by atoms with Gasteiger partial charge in [-0.1, -0.05) is 0 Å². The Kier molecular flexibility index (Phi) is 4.31. The number of rotatable bonds is 5. The monoisotopic (exact) mass is 254 g/mol. The molecule has 0 aliphatic carbocycles. The van der Waals surface area contributed by atoms with E-state index in [1.165, 1.54) is 7.05 Å². The number of hydrogen-bond donors (Lipinski definition) is 3. The molecule has 0 heterocycles. The van der Waals surface area contributed by atoms with E-state index in [1.54, 1.807) is 18.2 Å². The Morgan fingerprint density at radius 1 is 1.47 bits per heavy atom. The van der Waals surface area contributed by atoms with E-state index < -0.39 is 10.0 Å². The lowest BCUT2D eigenvalue weighted by molar-refractivity contribution is 0.588. The third-order valence-electron chi connectivity index (χ3n) is 2.18. The lowest BCUT2D eigenvalue weighted by Crippen LogP contribution is -2.26. The second-order valence-corrected chi connectivity index (χ2v) is 5.41. The van der Waals surface area contributed by atoms with Crippen molar-refractivity contribution in [3.63, 3.8) is 0 Å². The minimum absolute atomic E-state index is 0.0244. The zero-order valence-corrected chi connectivity index (χ0v) is 10.2. The van der Waals surface area contributed by atoms with Crippen LogP contribution >= 0.6 is 0 Å². The van der Waals surface area contributed by atoms with Gasteiger partial charge in [-0.3, -0.25) is 0 Å². The first-order valence-corrected chi connectivity index (χ1v) is 6.58. The van der Waals surface area contributed by atoms with E-state index in [1.807, 2.05) is 6.07 Å². The first-order chi connectivity index (χ1) is 7.98. The smallest absolute Gasteiger partial charge is 0.213 e. The lowest BCUT2D eigenvalue weighted by Gasteiger charge is -2.07. The maximum absolute atomic E-state index is 11.1. The normalized spacial score (nSPS) is 10.8. The van der Waals surface area contributed by atoms with Crippen LogP contribution in [0.15, 0.2) is 18.2 Å². The second-order valence-electron chi connectivity index (χ2n) is 3.36. The molecule has 0 saturated heterocycles. The Hall–Kier alpha value is -1.78. The first-order valence-electron chi connectivity index (χ1n) is 4.93. The number of nitrogens with two attached hydrogens (primary N) is 1. The van der Waals surface area contributed by atoms with Gasteiger partial charge < -0.3 is 11.1 Å². The van der Waals surface area contributed by atoms with Gasteiger partial charge in [0.1, 0.15) is 6.07 Å². The molecule has 0 atom stereocenters.